The van der Waals surface area contributed by atoms with Crippen LogP contribution in [-0.2, 0) is 17.9 Å². The number of aryl methyl sites for hydroxylation is 1. The molecule has 1 aromatic heterocycles. The van der Waals surface area contributed by atoms with Crippen molar-refractivity contribution in [2.45, 2.75) is 38.9 Å². The minimum Gasteiger partial charge on any atom is -0.378 e. The van der Waals surface area contributed by atoms with Gasteiger partial charge in [-0.2, -0.15) is 5.10 Å². The molecule has 0 bridgehead atoms. The van der Waals surface area contributed by atoms with E-state index in [0.29, 0.717) is 6.04 Å². The largest absolute Gasteiger partial charge is 0.378 e. The zero-order chi connectivity index (χ0) is 14.7. The summed E-state index contributed by atoms with van der Waals surface area (Å²) in [6.07, 6.45) is 5.82. The van der Waals surface area contributed by atoms with Crippen LogP contribution in [-0.4, -0.2) is 21.7 Å². The third-order valence-corrected chi connectivity index (χ3v) is 3.46. The summed E-state index contributed by atoms with van der Waals surface area (Å²) in [7, 11) is 0. The molecule has 1 aliphatic carbocycles. The van der Waals surface area contributed by atoms with Crippen LogP contribution >= 0.6 is 0 Å². The Morgan fingerprint density at radius 1 is 1.43 bits per heavy atom. The van der Waals surface area contributed by atoms with Crippen LogP contribution in [0.3, 0.4) is 0 Å². The molecule has 1 aromatic carbocycles. The molecule has 21 heavy (non-hydrogen) atoms. The van der Waals surface area contributed by atoms with E-state index in [4.69, 9.17) is 0 Å². The fraction of sp³-hybridized carbons (Fsp3) is 0.375. The van der Waals surface area contributed by atoms with Gasteiger partial charge in [0.2, 0.25) is 5.91 Å². The summed E-state index contributed by atoms with van der Waals surface area (Å²) < 4.78 is 1.66. The minimum absolute atomic E-state index is 0.0332. The van der Waals surface area contributed by atoms with Crippen LogP contribution in [0.5, 0.6) is 0 Å². The second kappa shape index (κ2) is 5.99. The summed E-state index contributed by atoms with van der Waals surface area (Å²) in [6, 6.07) is 8.78. The highest BCUT2D eigenvalue weighted by Crippen LogP contribution is 2.18. The summed E-state index contributed by atoms with van der Waals surface area (Å²) in [6.45, 7) is 3.12. The molecule has 3 rings (SSSR count). The molecule has 5 heteroatoms. The molecule has 2 N–H and O–H groups in total. The Morgan fingerprint density at radius 3 is 3.05 bits per heavy atom. The van der Waals surface area contributed by atoms with Gasteiger partial charge in [-0.05, 0) is 25.3 Å². The van der Waals surface area contributed by atoms with Gasteiger partial charge in [0.25, 0.3) is 0 Å². The maximum atomic E-state index is 11.7. The van der Waals surface area contributed by atoms with Gasteiger partial charge in [0, 0.05) is 18.8 Å². The summed E-state index contributed by atoms with van der Waals surface area (Å²) >= 11 is 0. The molecule has 0 atom stereocenters. The quantitative estimate of drug-likeness (QED) is 0.854. The van der Waals surface area contributed by atoms with Crippen LogP contribution in [0.4, 0.5) is 5.69 Å². The fourth-order valence-corrected chi connectivity index (χ4v) is 2.22. The van der Waals surface area contributed by atoms with Crippen LogP contribution in [0.1, 0.15) is 24.0 Å². The van der Waals surface area contributed by atoms with Crippen LogP contribution in [0.2, 0.25) is 0 Å². The van der Waals surface area contributed by atoms with E-state index in [1.54, 1.807) is 10.9 Å². The first kappa shape index (κ1) is 13.7. The highest BCUT2D eigenvalue weighted by atomic mass is 16.2. The van der Waals surface area contributed by atoms with Crippen molar-refractivity contribution >= 4 is 11.6 Å². The molecule has 1 fully saturated rings. The molecule has 2 aromatic rings. The number of nitrogens with one attached hydrogen (secondary N) is 2. The Kier molecular flexibility index (Phi) is 3.90. The van der Waals surface area contributed by atoms with Crippen molar-refractivity contribution in [1.82, 2.24) is 15.1 Å². The van der Waals surface area contributed by atoms with Crippen molar-refractivity contribution in [3.8, 4) is 0 Å². The number of amides is 1. The monoisotopic (exact) mass is 284 g/mol. The third kappa shape index (κ3) is 4.08. The van der Waals surface area contributed by atoms with E-state index in [0.717, 1.165) is 25.1 Å². The number of carbonyl (C=O) groups excluding carboxylic acids is 1. The molecular formula is C16H20N4O. The molecule has 0 radical (unpaired) electrons. The van der Waals surface area contributed by atoms with Crippen molar-refractivity contribution in [1.29, 1.82) is 0 Å². The average Bonchev–Trinajstić information content (AvgIpc) is 3.14. The molecule has 0 spiro atoms. The van der Waals surface area contributed by atoms with Gasteiger partial charge in [0.15, 0.2) is 0 Å². The van der Waals surface area contributed by atoms with Crippen molar-refractivity contribution in [2.24, 2.45) is 0 Å². The minimum atomic E-state index is 0.0332. The van der Waals surface area contributed by atoms with Gasteiger partial charge >= 0.3 is 0 Å². The summed E-state index contributed by atoms with van der Waals surface area (Å²) in [5.41, 5.74) is 3.41. The highest BCUT2D eigenvalue weighted by molar-refractivity contribution is 5.76. The second-order valence-corrected chi connectivity index (χ2v) is 5.61. The van der Waals surface area contributed by atoms with E-state index in [1.807, 2.05) is 6.20 Å². The van der Waals surface area contributed by atoms with E-state index in [2.05, 4.69) is 46.9 Å². The van der Waals surface area contributed by atoms with Crippen molar-refractivity contribution in [2.75, 3.05) is 5.32 Å². The first-order chi connectivity index (χ1) is 10.2. The molecule has 1 amide bonds. The van der Waals surface area contributed by atoms with Crippen LogP contribution in [0.15, 0.2) is 36.7 Å². The second-order valence-electron chi connectivity index (χ2n) is 5.61. The Morgan fingerprint density at radius 2 is 2.29 bits per heavy atom. The summed E-state index contributed by atoms with van der Waals surface area (Å²) in [4.78, 5) is 11.7. The first-order valence-corrected chi connectivity index (χ1v) is 7.30. The Labute approximate surface area is 124 Å². The number of benzene rings is 1. The predicted octanol–water partition coefficient (Wildman–Crippen LogP) is 2.08. The van der Waals surface area contributed by atoms with Crippen molar-refractivity contribution in [3.63, 3.8) is 0 Å². The summed E-state index contributed by atoms with van der Waals surface area (Å²) in [5, 5.41) is 10.5. The Balaban J connectivity index is 1.51. The lowest BCUT2D eigenvalue weighted by atomic mass is 10.1. The zero-order valence-electron chi connectivity index (χ0n) is 12.2. The summed E-state index contributed by atoms with van der Waals surface area (Å²) in [5.74, 6) is 0.0332. The number of rotatable bonds is 6. The molecule has 110 valence electrons. The number of carbonyl (C=O) groups is 1. The zero-order valence-corrected chi connectivity index (χ0v) is 12.2. The lowest BCUT2D eigenvalue weighted by Gasteiger charge is -2.05. The first-order valence-electron chi connectivity index (χ1n) is 7.30. The van der Waals surface area contributed by atoms with Gasteiger partial charge in [0.1, 0.15) is 6.54 Å². The van der Waals surface area contributed by atoms with Crippen molar-refractivity contribution < 1.29 is 4.79 Å². The van der Waals surface area contributed by atoms with Gasteiger partial charge < -0.3 is 10.6 Å². The molecule has 0 aliphatic heterocycles. The molecule has 0 unspecified atom stereocenters. The number of hydrogen-bond acceptors (Lipinski definition) is 3. The van der Waals surface area contributed by atoms with Gasteiger partial charge in [-0.1, -0.05) is 29.8 Å². The van der Waals surface area contributed by atoms with Gasteiger partial charge in [-0.25, -0.2) is 0 Å². The van der Waals surface area contributed by atoms with Crippen molar-refractivity contribution in [3.05, 3.63) is 47.8 Å². The topological polar surface area (TPSA) is 59.0 Å². The Bertz CT molecular complexity index is 631. The maximum absolute atomic E-state index is 11.7. The van der Waals surface area contributed by atoms with E-state index in [1.165, 1.54) is 11.1 Å². The lowest BCUT2D eigenvalue weighted by Crippen LogP contribution is -2.29. The van der Waals surface area contributed by atoms with E-state index < -0.39 is 0 Å². The average molecular weight is 284 g/mol. The molecular weight excluding hydrogens is 264 g/mol. The molecule has 1 heterocycles. The van der Waals surface area contributed by atoms with Gasteiger partial charge in [0.05, 0.1) is 11.9 Å². The number of hydrogen-bond donors (Lipinski definition) is 2. The van der Waals surface area contributed by atoms with Crippen LogP contribution < -0.4 is 10.6 Å². The molecule has 0 saturated heterocycles. The molecule has 1 saturated carbocycles. The van der Waals surface area contributed by atoms with Gasteiger partial charge in [-0.3, -0.25) is 9.48 Å². The number of anilines is 1. The third-order valence-electron chi connectivity index (χ3n) is 3.46. The highest BCUT2D eigenvalue weighted by Gasteiger charge is 2.23. The fourth-order valence-electron chi connectivity index (χ4n) is 2.22. The van der Waals surface area contributed by atoms with E-state index in [9.17, 15) is 4.79 Å². The predicted molar refractivity (Wildman–Crippen MR) is 81.9 cm³/mol. The van der Waals surface area contributed by atoms with E-state index >= 15 is 0 Å². The van der Waals surface area contributed by atoms with Gasteiger partial charge in [-0.15, -0.1) is 0 Å². The number of nitrogens with zero attached hydrogens (tertiary/aromatic N) is 2. The standard InChI is InChI=1S/C16H20N4O/c1-12-3-2-4-13(7-12)8-17-15-9-18-20(10-15)11-16(21)19-14-5-6-14/h2-4,7,9-10,14,17H,5-6,8,11H2,1H3,(H,19,21). The van der Waals surface area contributed by atoms with Crippen LogP contribution in [0.25, 0.3) is 0 Å². The lowest BCUT2D eigenvalue weighted by molar-refractivity contribution is -0.122. The maximum Gasteiger partial charge on any atom is 0.241 e. The molecule has 1 aliphatic rings. The van der Waals surface area contributed by atoms with Crippen LogP contribution in [0, 0.1) is 6.92 Å². The van der Waals surface area contributed by atoms with E-state index in [-0.39, 0.29) is 12.5 Å². The molecule has 5 nitrogen and oxygen atoms in total. The Hall–Kier alpha value is -2.30. The smallest absolute Gasteiger partial charge is 0.241 e. The normalized spacial score (nSPS) is 14.0. The number of aromatic nitrogens is 2. The SMILES string of the molecule is Cc1cccc(CNc2cnn(CC(=O)NC3CC3)c2)c1.